The Labute approximate surface area is 98.3 Å². The molecule has 1 amide bonds. The monoisotopic (exact) mass is 241 g/mol. The van der Waals surface area contributed by atoms with Crippen LogP contribution in [0.5, 0.6) is 0 Å². The Morgan fingerprint density at radius 1 is 1.56 bits per heavy atom. The normalized spacial score (nSPS) is 14.1. The Balaban J connectivity index is 2.74. The van der Waals surface area contributed by atoms with Crippen molar-refractivity contribution < 1.29 is 14.7 Å². The van der Waals surface area contributed by atoms with Gasteiger partial charge in [0.15, 0.2) is 6.04 Å². The van der Waals surface area contributed by atoms with Crippen LogP contribution in [0.1, 0.15) is 31.2 Å². The van der Waals surface area contributed by atoms with Gasteiger partial charge in [-0.3, -0.25) is 4.79 Å². The minimum Gasteiger partial charge on any atom is -0.479 e. The third-order valence-electron chi connectivity index (χ3n) is 2.42. The van der Waals surface area contributed by atoms with Gasteiger partial charge >= 0.3 is 5.97 Å². The van der Waals surface area contributed by atoms with Crippen molar-refractivity contribution in [1.82, 2.24) is 5.32 Å². The van der Waals surface area contributed by atoms with Gasteiger partial charge in [0.05, 0.1) is 0 Å². The highest BCUT2D eigenvalue weighted by Gasteiger charge is 2.24. The molecule has 0 aliphatic heterocycles. The van der Waals surface area contributed by atoms with Crippen LogP contribution in [0.4, 0.5) is 0 Å². The van der Waals surface area contributed by atoms with Crippen LogP contribution in [0.2, 0.25) is 0 Å². The van der Waals surface area contributed by atoms with Crippen LogP contribution in [-0.2, 0) is 9.59 Å². The number of thiophene rings is 1. The maximum Gasteiger partial charge on any atom is 0.331 e. The maximum absolute atomic E-state index is 11.6. The molecule has 0 saturated carbocycles. The average Bonchev–Trinajstić information content (AvgIpc) is 2.76. The maximum atomic E-state index is 11.6. The van der Waals surface area contributed by atoms with E-state index < -0.39 is 12.0 Å². The quantitative estimate of drug-likeness (QED) is 0.829. The number of nitrogens with one attached hydrogen (secondary N) is 1. The topological polar surface area (TPSA) is 66.4 Å². The lowest BCUT2D eigenvalue weighted by Crippen LogP contribution is -2.36. The molecule has 0 saturated heterocycles. The smallest absolute Gasteiger partial charge is 0.331 e. The highest BCUT2D eigenvalue weighted by atomic mass is 32.1. The van der Waals surface area contributed by atoms with Crippen molar-refractivity contribution >= 4 is 23.2 Å². The van der Waals surface area contributed by atoms with E-state index in [1.807, 2.05) is 6.92 Å². The first-order valence-electron chi connectivity index (χ1n) is 5.12. The summed E-state index contributed by atoms with van der Waals surface area (Å²) < 4.78 is 0. The van der Waals surface area contributed by atoms with Crippen LogP contribution >= 0.6 is 11.3 Å². The SMILES string of the molecule is CCC(C)C(=O)NC(C(=O)O)c1cccs1. The summed E-state index contributed by atoms with van der Waals surface area (Å²) in [7, 11) is 0. The van der Waals surface area contributed by atoms with E-state index in [0.29, 0.717) is 11.3 Å². The number of amides is 1. The van der Waals surface area contributed by atoms with E-state index in [4.69, 9.17) is 5.11 Å². The van der Waals surface area contributed by atoms with Crippen LogP contribution in [0, 0.1) is 5.92 Å². The molecule has 0 spiro atoms. The Hall–Kier alpha value is -1.36. The van der Waals surface area contributed by atoms with E-state index in [0.717, 1.165) is 0 Å². The molecule has 0 aliphatic rings. The van der Waals surface area contributed by atoms with Gasteiger partial charge in [0.2, 0.25) is 5.91 Å². The first-order chi connectivity index (χ1) is 7.56. The summed E-state index contributed by atoms with van der Waals surface area (Å²) in [6, 6.07) is 2.55. The number of rotatable bonds is 5. The summed E-state index contributed by atoms with van der Waals surface area (Å²) in [6.07, 6.45) is 0.697. The summed E-state index contributed by atoms with van der Waals surface area (Å²) in [6.45, 7) is 3.67. The molecule has 2 N–H and O–H groups in total. The third kappa shape index (κ3) is 3.06. The molecule has 1 aromatic heterocycles. The van der Waals surface area contributed by atoms with Crippen molar-refractivity contribution in [3.63, 3.8) is 0 Å². The molecular weight excluding hydrogens is 226 g/mol. The minimum absolute atomic E-state index is 0.165. The molecule has 2 atom stereocenters. The molecule has 0 aromatic carbocycles. The van der Waals surface area contributed by atoms with E-state index in [9.17, 15) is 9.59 Å². The highest BCUT2D eigenvalue weighted by molar-refractivity contribution is 7.10. The molecule has 1 aromatic rings. The van der Waals surface area contributed by atoms with Crippen molar-refractivity contribution in [2.45, 2.75) is 26.3 Å². The van der Waals surface area contributed by atoms with Crippen molar-refractivity contribution in [2.24, 2.45) is 5.92 Å². The highest BCUT2D eigenvalue weighted by Crippen LogP contribution is 2.19. The van der Waals surface area contributed by atoms with Gasteiger partial charge in [-0.1, -0.05) is 19.9 Å². The molecule has 5 heteroatoms. The first kappa shape index (κ1) is 12.7. The lowest BCUT2D eigenvalue weighted by atomic mass is 10.1. The Bertz CT molecular complexity index is 361. The lowest BCUT2D eigenvalue weighted by Gasteiger charge is -2.15. The Morgan fingerprint density at radius 2 is 2.25 bits per heavy atom. The van der Waals surface area contributed by atoms with Crippen molar-refractivity contribution in [3.05, 3.63) is 22.4 Å². The van der Waals surface area contributed by atoms with Crippen LogP contribution in [-0.4, -0.2) is 17.0 Å². The second-order valence-corrected chi connectivity index (χ2v) is 4.58. The van der Waals surface area contributed by atoms with Gasteiger partial charge in [-0.25, -0.2) is 4.79 Å². The zero-order valence-corrected chi connectivity index (χ0v) is 10.1. The van der Waals surface area contributed by atoms with E-state index in [2.05, 4.69) is 5.32 Å². The molecule has 0 aliphatic carbocycles. The fourth-order valence-corrected chi connectivity index (χ4v) is 1.95. The Kier molecular flexibility index (Phi) is 4.49. The second-order valence-electron chi connectivity index (χ2n) is 3.60. The summed E-state index contributed by atoms with van der Waals surface area (Å²) in [5.74, 6) is -1.41. The van der Waals surface area contributed by atoms with Gasteiger partial charge in [0.1, 0.15) is 0 Å². The second kappa shape index (κ2) is 5.65. The molecule has 88 valence electrons. The standard InChI is InChI=1S/C11H15NO3S/c1-3-7(2)10(13)12-9(11(14)15)8-5-4-6-16-8/h4-7,9H,3H2,1-2H3,(H,12,13)(H,14,15). The van der Waals surface area contributed by atoms with Gasteiger partial charge in [-0.05, 0) is 17.9 Å². The fourth-order valence-electron chi connectivity index (χ4n) is 1.18. The van der Waals surface area contributed by atoms with Gasteiger partial charge in [0, 0.05) is 10.8 Å². The molecule has 2 unspecified atom stereocenters. The Morgan fingerprint density at radius 3 is 2.69 bits per heavy atom. The van der Waals surface area contributed by atoms with Crippen LogP contribution in [0.25, 0.3) is 0 Å². The number of carboxylic acid groups (broad SMARTS) is 1. The van der Waals surface area contributed by atoms with Gasteiger partial charge in [-0.2, -0.15) is 0 Å². The van der Waals surface area contributed by atoms with Gasteiger partial charge < -0.3 is 10.4 Å². The van der Waals surface area contributed by atoms with Crippen molar-refractivity contribution in [1.29, 1.82) is 0 Å². The molecule has 1 heterocycles. The number of carbonyl (C=O) groups excluding carboxylic acids is 1. The summed E-state index contributed by atoms with van der Waals surface area (Å²) >= 11 is 1.33. The van der Waals surface area contributed by atoms with Crippen LogP contribution in [0.15, 0.2) is 17.5 Å². The molecule has 16 heavy (non-hydrogen) atoms. The van der Waals surface area contributed by atoms with E-state index in [1.54, 1.807) is 24.4 Å². The van der Waals surface area contributed by atoms with E-state index in [1.165, 1.54) is 11.3 Å². The molecular formula is C11H15NO3S. The summed E-state index contributed by atoms with van der Waals surface area (Å²) in [5.41, 5.74) is 0. The molecule has 0 radical (unpaired) electrons. The zero-order valence-electron chi connectivity index (χ0n) is 9.27. The molecule has 4 nitrogen and oxygen atoms in total. The number of carboxylic acids is 1. The zero-order chi connectivity index (χ0) is 12.1. The van der Waals surface area contributed by atoms with Crippen LogP contribution in [0.3, 0.4) is 0 Å². The largest absolute Gasteiger partial charge is 0.479 e. The molecule has 0 fully saturated rings. The number of aliphatic carboxylic acids is 1. The predicted molar refractivity (Wildman–Crippen MR) is 62.3 cm³/mol. The third-order valence-corrected chi connectivity index (χ3v) is 3.36. The van der Waals surface area contributed by atoms with Crippen molar-refractivity contribution in [3.8, 4) is 0 Å². The predicted octanol–water partition coefficient (Wildman–Crippen LogP) is 2.04. The number of carbonyl (C=O) groups is 2. The molecule has 1 rings (SSSR count). The molecule has 0 bridgehead atoms. The first-order valence-corrected chi connectivity index (χ1v) is 6.00. The minimum atomic E-state index is -1.03. The van der Waals surface area contributed by atoms with Crippen LogP contribution < -0.4 is 5.32 Å². The lowest BCUT2D eigenvalue weighted by molar-refractivity contribution is -0.142. The summed E-state index contributed by atoms with van der Waals surface area (Å²) in [5, 5.41) is 13.4. The fraction of sp³-hybridized carbons (Fsp3) is 0.455. The summed E-state index contributed by atoms with van der Waals surface area (Å²) in [4.78, 5) is 23.3. The van der Waals surface area contributed by atoms with Gasteiger partial charge in [-0.15, -0.1) is 11.3 Å². The van der Waals surface area contributed by atoms with E-state index >= 15 is 0 Å². The number of hydrogen-bond acceptors (Lipinski definition) is 3. The number of hydrogen-bond donors (Lipinski definition) is 2. The van der Waals surface area contributed by atoms with E-state index in [-0.39, 0.29) is 11.8 Å². The average molecular weight is 241 g/mol. The van der Waals surface area contributed by atoms with Crippen molar-refractivity contribution in [2.75, 3.05) is 0 Å². The van der Waals surface area contributed by atoms with Gasteiger partial charge in [0.25, 0.3) is 0 Å².